The van der Waals surface area contributed by atoms with Crippen molar-refractivity contribution in [2.45, 2.75) is 0 Å². The van der Waals surface area contributed by atoms with E-state index in [1.54, 1.807) is 42.6 Å². The van der Waals surface area contributed by atoms with Gasteiger partial charge in [-0.2, -0.15) is 0 Å². The molecule has 7 nitrogen and oxygen atoms in total. The molecule has 0 saturated heterocycles. The Morgan fingerprint density at radius 3 is 2.46 bits per heavy atom. The van der Waals surface area contributed by atoms with Gasteiger partial charge < -0.3 is 26.0 Å². The first kappa shape index (κ1) is 17.4. The van der Waals surface area contributed by atoms with Crippen molar-refractivity contribution in [2.24, 2.45) is 5.73 Å². The molecule has 1 heterocycles. The maximum Gasteiger partial charge on any atom is 0.229 e. The largest absolute Gasteiger partial charge is 0.508 e. The van der Waals surface area contributed by atoms with E-state index in [0.717, 1.165) is 5.56 Å². The predicted octanol–water partition coefficient (Wildman–Crippen LogP) is 2.89. The Bertz CT molecular complexity index is 961. The third-order valence-corrected chi connectivity index (χ3v) is 3.76. The van der Waals surface area contributed by atoms with Gasteiger partial charge in [0, 0.05) is 23.4 Å². The van der Waals surface area contributed by atoms with Crippen molar-refractivity contribution in [3.63, 3.8) is 0 Å². The number of nitrogens with zero attached hydrogens (tertiary/aromatic N) is 2. The molecular formula is C18H16N4O3S. The Morgan fingerprint density at radius 1 is 1.12 bits per heavy atom. The van der Waals surface area contributed by atoms with Crippen molar-refractivity contribution in [3.05, 3.63) is 48.7 Å². The zero-order valence-electron chi connectivity index (χ0n) is 13.8. The van der Waals surface area contributed by atoms with Gasteiger partial charge in [-0.05, 0) is 42.0 Å². The molecule has 0 atom stereocenters. The number of phenolic OH excluding ortho intramolecular Hbond substituents is 2. The van der Waals surface area contributed by atoms with Crippen LogP contribution in [0.15, 0.2) is 48.7 Å². The fraction of sp³-hybridized carbons (Fsp3) is 0.0556. The van der Waals surface area contributed by atoms with Crippen molar-refractivity contribution in [1.29, 1.82) is 0 Å². The van der Waals surface area contributed by atoms with Crippen molar-refractivity contribution in [2.75, 3.05) is 12.4 Å². The van der Waals surface area contributed by atoms with Crippen LogP contribution in [0.25, 0.3) is 22.4 Å². The van der Waals surface area contributed by atoms with Gasteiger partial charge in [-0.15, -0.1) is 0 Å². The molecule has 0 aliphatic rings. The minimum absolute atomic E-state index is 0.00403. The number of benzene rings is 2. The molecule has 26 heavy (non-hydrogen) atoms. The summed E-state index contributed by atoms with van der Waals surface area (Å²) in [5, 5.41) is 22.6. The first-order valence-corrected chi connectivity index (χ1v) is 7.99. The molecule has 132 valence electrons. The molecule has 0 saturated carbocycles. The molecule has 2 aromatic carbocycles. The van der Waals surface area contributed by atoms with Crippen LogP contribution in [-0.4, -0.2) is 32.4 Å². The van der Waals surface area contributed by atoms with Crippen LogP contribution in [0, 0.1) is 0 Å². The number of anilines is 1. The average molecular weight is 368 g/mol. The highest BCUT2D eigenvalue weighted by atomic mass is 32.1. The Hall–Kier alpha value is -3.39. The van der Waals surface area contributed by atoms with Crippen molar-refractivity contribution >= 4 is 23.3 Å². The lowest BCUT2D eigenvalue weighted by Crippen LogP contribution is -2.20. The molecule has 1 aromatic heterocycles. The molecule has 0 bridgehead atoms. The predicted molar refractivity (Wildman–Crippen MR) is 103 cm³/mol. The van der Waals surface area contributed by atoms with Crippen LogP contribution in [-0.2, 0) is 0 Å². The summed E-state index contributed by atoms with van der Waals surface area (Å²) < 4.78 is 5.12. The minimum atomic E-state index is 0.00403. The third kappa shape index (κ3) is 3.65. The molecule has 0 spiro atoms. The van der Waals surface area contributed by atoms with Crippen LogP contribution in [0.4, 0.5) is 5.95 Å². The van der Waals surface area contributed by atoms with E-state index in [1.165, 1.54) is 13.2 Å². The van der Waals surface area contributed by atoms with Crippen LogP contribution >= 0.6 is 12.2 Å². The third-order valence-electron chi connectivity index (χ3n) is 3.66. The van der Waals surface area contributed by atoms with Gasteiger partial charge in [0.05, 0.1) is 12.8 Å². The minimum Gasteiger partial charge on any atom is -0.508 e. The lowest BCUT2D eigenvalue weighted by atomic mass is 10.00. The number of aromatic nitrogens is 2. The molecule has 3 rings (SSSR count). The van der Waals surface area contributed by atoms with E-state index in [2.05, 4.69) is 15.3 Å². The monoisotopic (exact) mass is 368 g/mol. The lowest BCUT2D eigenvalue weighted by Gasteiger charge is -2.13. The van der Waals surface area contributed by atoms with E-state index in [1.807, 2.05) is 0 Å². The summed E-state index contributed by atoms with van der Waals surface area (Å²) in [5.41, 5.74) is 7.90. The van der Waals surface area contributed by atoms with Crippen LogP contribution in [0.1, 0.15) is 0 Å². The van der Waals surface area contributed by atoms with Gasteiger partial charge >= 0.3 is 0 Å². The van der Waals surface area contributed by atoms with Crippen molar-refractivity contribution < 1.29 is 14.9 Å². The molecule has 0 aliphatic heterocycles. The second-order valence-electron chi connectivity index (χ2n) is 5.38. The smallest absolute Gasteiger partial charge is 0.229 e. The normalized spacial score (nSPS) is 10.3. The number of aromatic hydroxyl groups is 2. The summed E-state index contributed by atoms with van der Waals surface area (Å²) in [7, 11) is 1.52. The lowest BCUT2D eigenvalue weighted by molar-refractivity contribution is 0.408. The van der Waals surface area contributed by atoms with E-state index >= 15 is 0 Å². The Kier molecular flexibility index (Phi) is 4.85. The number of nitrogens with two attached hydrogens (primary N) is 1. The number of hydrogen-bond acceptors (Lipinski definition) is 6. The quantitative estimate of drug-likeness (QED) is 0.520. The summed E-state index contributed by atoms with van der Waals surface area (Å²) in [4.78, 5) is 8.65. The Labute approximate surface area is 155 Å². The second kappa shape index (κ2) is 7.24. The zero-order valence-corrected chi connectivity index (χ0v) is 14.6. The summed E-state index contributed by atoms with van der Waals surface area (Å²) in [5.74, 6) is 0.887. The summed E-state index contributed by atoms with van der Waals surface area (Å²) in [6.45, 7) is 0. The molecule has 0 fully saturated rings. The summed E-state index contributed by atoms with van der Waals surface area (Å²) >= 11 is 4.83. The Balaban J connectivity index is 2.18. The van der Waals surface area contributed by atoms with E-state index in [4.69, 9.17) is 22.7 Å². The number of nitrogens with one attached hydrogen (secondary N) is 1. The molecule has 3 aromatic rings. The van der Waals surface area contributed by atoms with Crippen molar-refractivity contribution in [1.82, 2.24) is 9.97 Å². The maximum atomic E-state index is 10.4. The van der Waals surface area contributed by atoms with E-state index < -0.39 is 0 Å². The SMILES string of the molecule is COc1ccc(-c2nc(NC(N)=S)ncc2-c2ccc(O)cc2)c(O)c1. The molecule has 5 N–H and O–H groups in total. The summed E-state index contributed by atoms with van der Waals surface area (Å²) in [6.07, 6.45) is 1.60. The van der Waals surface area contributed by atoms with Gasteiger partial charge in [-0.25, -0.2) is 9.97 Å². The van der Waals surface area contributed by atoms with E-state index in [-0.39, 0.29) is 22.6 Å². The molecular weight excluding hydrogens is 352 g/mol. The molecule has 8 heteroatoms. The van der Waals surface area contributed by atoms with Gasteiger partial charge in [0.1, 0.15) is 17.2 Å². The Morgan fingerprint density at radius 2 is 1.85 bits per heavy atom. The van der Waals surface area contributed by atoms with E-state index in [0.29, 0.717) is 22.6 Å². The molecule has 0 radical (unpaired) electrons. The van der Waals surface area contributed by atoms with Crippen molar-refractivity contribution in [3.8, 4) is 39.6 Å². The highest BCUT2D eigenvalue weighted by molar-refractivity contribution is 7.80. The highest BCUT2D eigenvalue weighted by Crippen LogP contribution is 2.37. The fourth-order valence-corrected chi connectivity index (χ4v) is 2.54. The van der Waals surface area contributed by atoms with Crippen LogP contribution in [0.3, 0.4) is 0 Å². The number of methoxy groups -OCH3 is 1. The molecule has 0 amide bonds. The fourth-order valence-electron chi connectivity index (χ4n) is 2.45. The van der Waals surface area contributed by atoms with Gasteiger partial charge in [-0.3, -0.25) is 0 Å². The summed E-state index contributed by atoms with van der Waals surface area (Å²) in [6, 6.07) is 11.5. The second-order valence-corrected chi connectivity index (χ2v) is 5.81. The number of phenols is 2. The van der Waals surface area contributed by atoms with Crippen LogP contribution in [0.2, 0.25) is 0 Å². The number of rotatable bonds is 4. The maximum absolute atomic E-state index is 10.4. The van der Waals surface area contributed by atoms with Crippen LogP contribution in [0.5, 0.6) is 17.2 Å². The standard InChI is InChI=1S/C18H16N4O3S/c1-25-12-6-7-13(15(24)8-12)16-14(10-2-4-11(23)5-3-10)9-20-18(21-16)22-17(19)26/h2-9,23-24H,1H3,(H3,19,20,21,22,26). The molecule has 0 unspecified atom stereocenters. The number of hydrogen-bond donors (Lipinski definition) is 4. The number of thiocarbonyl (C=S) groups is 1. The van der Waals surface area contributed by atoms with Gasteiger partial charge in [0.25, 0.3) is 0 Å². The van der Waals surface area contributed by atoms with Gasteiger partial charge in [0.2, 0.25) is 5.95 Å². The number of ether oxygens (including phenoxy) is 1. The first-order valence-electron chi connectivity index (χ1n) is 7.58. The zero-order chi connectivity index (χ0) is 18.7. The van der Waals surface area contributed by atoms with Crippen LogP contribution < -0.4 is 15.8 Å². The highest BCUT2D eigenvalue weighted by Gasteiger charge is 2.16. The topological polar surface area (TPSA) is 114 Å². The average Bonchev–Trinajstić information content (AvgIpc) is 2.62. The first-order chi connectivity index (χ1) is 12.5. The van der Waals surface area contributed by atoms with Gasteiger partial charge in [-0.1, -0.05) is 12.1 Å². The van der Waals surface area contributed by atoms with Gasteiger partial charge in [0.15, 0.2) is 5.11 Å². The molecule has 0 aliphatic carbocycles. The van der Waals surface area contributed by atoms with E-state index in [9.17, 15) is 10.2 Å².